The van der Waals surface area contributed by atoms with Gasteiger partial charge in [0.25, 0.3) is 5.91 Å². The van der Waals surface area contributed by atoms with E-state index < -0.39 is 11.9 Å². The van der Waals surface area contributed by atoms with Crippen LogP contribution in [0.15, 0.2) is 29.0 Å². The van der Waals surface area contributed by atoms with Crippen molar-refractivity contribution in [3.05, 3.63) is 35.2 Å². The number of hydrogen-bond donors (Lipinski definition) is 2. The Morgan fingerprint density at radius 2 is 2.32 bits per heavy atom. The molecule has 2 N–H and O–H groups in total. The highest BCUT2D eigenvalue weighted by molar-refractivity contribution is 7.98. The Bertz CT molecular complexity index is 625. The highest BCUT2D eigenvalue weighted by Gasteiger charge is 2.23. The van der Waals surface area contributed by atoms with Crippen molar-refractivity contribution in [2.45, 2.75) is 19.4 Å². The molecule has 2 aromatic rings. The minimum Gasteiger partial charge on any atom is -0.459 e. The first-order chi connectivity index (χ1) is 10.6. The van der Waals surface area contributed by atoms with Gasteiger partial charge < -0.3 is 15.1 Å². The molecule has 2 amide bonds. The number of rotatable bonds is 7. The zero-order valence-electron chi connectivity index (χ0n) is 12.3. The largest absolute Gasteiger partial charge is 0.459 e. The summed E-state index contributed by atoms with van der Waals surface area (Å²) in [5.41, 5.74) is 0. The van der Waals surface area contributed by atoms with Crippen LogP contribution in [0.2, 0.25) is 0 Å². The number of nitrogens with zero attached hydrogens (tertiary/aromatic N) is 1. The number of amides is 2. The van der Waals surface area contributed by atoms with Crippen LogP contribution in [0, 0.1) is 6.92 Å². The van der Waals surface area contributed by atoms with Crippen molar-refractivity contribution in [2.75, 3.05) is 17.3 Å². The van der Waals surface area contributed by atoms with E-state index in [1.807, 2.05) is 13.2 Å². The Morgan fingerprint density at radius 1 is 1.50 bits per heavy atom. The first-order valence-corrected chi connectivity index (χ1v) is 8.88. The number of aryl methyl sites for hydroxylation is 1. The second-order valence-corrected chi connectivity index (χ2v) is 6.77. The van der Waals surface area contributed by atoms with E-state index >= 15 is 0 Å². The molecular weight excluding hydrogens is 322 g/mol. The van der Waals surface area contributed by atoms with E-state index in [0.29, 0.717) is 11.6 Å². The van der Waals surface area contributed by atoms with Crippen molar-refractivity contribution < 1.29 is 14.0 Å². The van der Waals surface area contributed by atoms with Gasteiger partial charge in [-0.15, -0.1) is 11.3 Å². The van der Waals surface area contributed by atoms with Gasteiger partial charge in [-0.1, -0.05) is 0 Å². The normalized spacial score (nSPS) is 11.9. The molecule has 0 aliphatic heterocycles. The lowest BCUT2D eigenvalue weighted by molar-refractivity contribution is -0.118. The smallest absolute Gasteiger partial charge is 0.287 e. The molecule has 0 fully saturated rings. The maximum atomic E-state index is 12.3. The Balaban J connectivity index is 2.01. The molecule has 0 aromatic carbocycles. The second kappa shape index (κ2) is 8.00. The number of nitrogens with one attached hydrogen (secondary N) is 2. The Morgan fingerprint density at radius 3 is 2.91 bits per heavy atom. The van der Waals surface area contributed by atoms with Gasteiger partial charge in [-0.05, 0) is 37.5 Å². The molecule has 0 saturated carbocycles. The van der Waals surface area contributed by atoms with Gasteiger partial charge in [-0.25, -0.2) is 4.98 Å². The van der Waals surface area contributed by atoms with Crippen molar-refractivity contribution in [2.24, 2.45) is 0 Å². The maximum Gasteiger partial charge on any atom is 0.287 e. The van der Waals surface area contributed by atoms with Crippen molar-refractivity contribution in [3.8, 4) is 0 Å². The first-order valence-electron chi connectivity index (χ1n) is 6.66. The molecule has 8 heteroatoms. The fraction of sp³-hybridized carbons (Fsp3) is 0.357. The standard InChI is InChI=1S/C14H17N3O3S2/c1-9-8-15-14(22-9)17-12(18)10(5-7-21-2)16-13(19)11-4-3-6-20-11/h3-4,6,8,10H,5,7H2,1-2H3,(H,16,19)(H,15,17,18). The van der Waals surface area contributed by atoms with Crippen molar-refractivity contribution in [1.29, 1.82) is 0 Å². The predicted molar refractivity (Wildman–Crippen MR) is 88.4 cm³/mol. The van der Waals surface area contributed by atoms with Crippen molar-refractivity contribution >= 4 is 40.0 Å². The minimum absolute atomic E-state index is 0.187. The van der Waals surface area contributed by atoms with Crippen LogP contribution in [0.1, 0.15) is 21.9 Å². The van der Waals surface area contributed by atoms with Crippen LogP contribution in [0.4, 0.5) is 5.13 Å². The van der Waals surface area contributed by atoms with Gasteiger partial charge in [0.15, 0.2) is 10.9 Å². The van der Waals surface area contributed by atoms with E-state index in [1.165, 1.54) is 17.6 Å². The number of anilines is 1. The summed E-state index contributed by atoms with van der Waals surface area (Å²) < 4.78 is 5.04. The average molecular weight is 339 g/mol. The summed E-state index contributed by atoms with van der Waals surface area (Å²) in [6.45, 7) is 1.91. The fourth-order valence-electron chi connectivity index (χ4n) is 1.75. The van der Waals surface area contributed by atoms with Crippen LogP contribution in [0.3, 0.4) is 0 Å². The van der Waals surface area contributed by atoms with E-state index in [4.69, 9.17) is 4.42 Å². The van der Waals surface area contributed by atoms with Crippen LogP contribution in [0.25, 0.3) is 0 Å². The fourth-order valence-corrected chi connectivity index (χ4v) is 2.89. The molecule has 1 unspecified atom stereocenters. The van der Waals surface area contributed by atoms with E-state index in [-0.39, 0.29) is 11.7 Å². The molecule has 118 valence electrons. The summed E-state index contributed by atoms with van der Waals surface area (Å²) in [6.07, 6.45) is 5.60. The summed E-state index contributed by atoms with van der Waals surface area (Å²) in [7, 11) is 0. The number of carbonyl (C=O) groups is 2. The van der Waals surface area contributed by atoms with Gasteiger partial charge in [-0.2, -0.15) is 11.8 Å². The second-order valence-electron chi connectivity index (χ2n) is 4.55. The molecule has 22 heavy (non-hydrogen) atoms. The molecule has 0 spiro atoms. The number of thiazole rings is 1. The lowest BCUT2D eigenvalue weighted by Gasteiger charge is -2.16. The molecule has 2 heterocycles. The highest BCUT2D eigenvalue weighted by Crippen LogP contribution is 2.17. The highest BCUT2D eigenvalue weighted by atomic mass is 32.2. The predicted octanol–water partition coefficient (Wildman–Crippen LogP) is 2.53. The summed E-state index contributed by atoms with van der Waals surface area (Å²) in [6, 6.07) is 2.56. The SMILES string of the molecule is CSCCC(NC(=O)c1ccco1)C(=O)Nc1ncc(C)s1. The minimum atomic E-state index is -0.630. The monoisotopic (exact) mass is 339 g/mol. The zero-order chi connectivity index (χ0) is 15.9. The van der Waals surface area contributed by atoms with E-state index in [1.54, 1.807) is 30.1 Å². The molecule has 0 aliphatic rings. The van der Waals surface area contributed by atoms with Gasteiger partial charge in [0, 0.05) is 11.1 Å². The lowest BCUT2D eigenvalue weighted by Crippen LogP contribution is -2.44. The van der Waals surface area contributed by atoms with Crippen LogP contribution in [0.5, 0.6) is 0 Å². The summed E-state index contributed by atoms with van der Waals surface area (Å²) >= 11 is 3.01. The maximum absolute atomic E-state index is 12.3. The van der Waals surface area contributed by atoms with Crippen LogP contribution < -0.4 is 10.6 Å². The lowest BCUT2D eigenvalue weighted by atomic mass is 10.2. The summed E-state index contributed by atoms with van der Waals surface area (Å²) in [4.78, 5) is 29.5. The van der Waals surface area contributed by atoms with Crippen LogP contribution >= 0.6 is 23.1 Å². The van der Waals surface area contributed by atoms with Crippen molar-refractivity contribution in [1.82, 2.24) is 10.3 Å². The first kappa shape index (κ1) is 16.6. The molecule has 2 rings (SSSR count). The molecule has 0 saturated heterocycles. The van der Waals surface area contributed by atoms with E-state index in [2.05, 4.69) is 15.6 Å². The molecule has 6 nitrogen and oxygen atoms in total. The van der Waals surface area contributed by atoms with E-state index in [9.17, 15) is 9.59 Å². The van der Waals surface area contributed by atoms with Gasteiger partial charge in [-0.3, -0.25) is 9.59 Å². The number of carbonyl (C=O) groups excluding carboxylic acids is 2. The average Bonchev–Trinajstić information content (AvgIpc) is 3.15. The van der Waals surface area contributed by atoms with Gasteiger partial charge >= 0.3 is 0 Å². The number of furan rings is 1. The molecule has 0 bridgehead atoms. The third-order valence-electron chi connectivity index (χ3n) is 2.83. The van der Waals surface area contributed by atoms with Crippen LogP contribution in [-0.2, 0) is 4.79 Å². The molecular formula is C14H17N3O3S2. The van der Waals surface area contributed by atoms with Crippen LogP contribution in [-0.4, -0.2) is 34.8 Å². The van der Waals surface area contributed by atoms with E-state index in [0.717, 1.165) is 10.6 Å². The molecule has 2 aromatic heterocycles. The summed E-state index contributed by atoms with van der Waals surface area (Å²) in [5.74, 6) is 0.268. The quantitative estimate of drug-likeness (QED) is 0.810. The number of thioether (sulfide) groups is 1. The van der Waals surface area contributed by atoms with Crippen molar-refractivity contribution in [3.63, 3.8) is 0 Å². The third-order valence-corrected chi connectivity index (χ3v) is 4.30. The molecule has 0 aliphatic carbocycles. The number of hydrogen-bond acceptors (Lipinski definition) is 6. The van der Waals surface area contributed by atoms with Gasteiger partial charge in [0.1, 0.15) is 6.04 Å². The Hall–Kier alpha value is -1.80. The topological polar surface area (TPSA) is 84.2 Å². The molecule has 0 radical (unpaired) electrons. The summed E-state index contributed by atoms with van der Waals surface area (Å²) in [5, 5.41) is 5.97. The van der Waals surface area contributed by atoms with Gasteiger partial charge in [0.2, 0.25) is 5.91 Å². The molecule has 1 atom stereocenters. The van der Waals surface area contributed by atoms with Gasteiger partial charge in [0.05, 0.1) is 6.26 Å². The third kappa shape index (κ3) is 4.60. The Kier molecular flexibility index (Phi) is 6.02. The number of aromatic nitrogens is 1. The zero-order valence-corrected chi connectivity index (χ0v) is 13.9. The Labute approximate surface area is 136 Å².